The molecule has 23 heavy (non-hydrogen) atoms. The topological polar surface area (TPSA) is 49.8 Å². The van der Waals surface area contributed by atoms with Gasteiger partial charge in [-0.15, -0.1) is 0 Å². The first-order valence-electron chi connectivity index (χ1n) is 6.79. The molecule has 1 aliphatic heterocycles. The van der Waals surface area contributed by atoms with Crippen molar-refractivity contribution in [2.75, 3.05) is 12.0 Å². The molecule has 4 nitrogen and oxygen atoms in total. The van der Waals surface area contributed by atoms with E-state index in [1.54, 1.807) is 37.5 Å². The quantitative estimate of drug-likeness (QED) is 0.678. The minimum atomic E-state index is -0.184. The zero-order valence-electron chi connectivity index (χ0n) is 12.2. The Labute approximate surface area is 143 Å². The van der Waals surface area contributed by atoms with E-state index in [1.807, 2.05) is 24.3 Å². The first-order chi connectivity index (χ1) is 11.1. The second-order valence-corrected chi connectivity index (χ2v) is 6.49. The van der Waals surface area contributed by atoms with Crippen LogP contribution >= 0.6 is 24.0 Å². The van der Waals surface area contributed by atoms with E-state index in [9.17, 15) is 9.90 Å². The molecule has 1 fully saturated rings. The summed E-state index contributed by atoms with van der Waals surface area (Å²) >= 11 is 6.57. The smallest absolute Gasteiger partial charge is 0.270 e. The van der Waals surface area contributed by atoms with Crippen LogP contribution in [0.2, 0.25) is 0 Å². The van der Waals surface area contributed by atoms with Crippen LogP contribution in [0.5, 0.6) is 11.5 Å². The molecule has 1 aliphatic rings. The number of anilines is 1. The first-order valence-corrected chi connectivity index (χ1v) is 8.02. The molecule has 116 valence electrons. The molecule has 0 aromatic heterocycles. The Bertz CT molecular complexity index is 817. The van der Waals surface area contributed by atoms with Gasteiger partial charge < -0.3 is 9.84 Å². The third-order valence-corrected chi connectivity index (χ3v) is 4.58. The molecule has 0 radical (unpaired) electrons. The van der Waals surface area contributed by atoms with Gasteiger partial charge in [-0.05, 0) is 35.9 Å². The predicted molar refractivity (Wildman–Crippen MR) is 96.8 cm³/mol. The summed E-state index contributed by atoms with van der Waals surface area (Å²) in [6.45, 7) is 0. The van der Waals surface area contributed by atoms with Crippen LogP contribution in [0, 0.1) is 0 Å². The van der Waals surface area contributed by atoms with Crippen molar-refractivity contribution in [2.24, 2.45) is 0 Å². The van der Waals surface area contributed by atoms with Crippen LogP contribution in [0.3, 0.4) is 0 Å². The number of phenolic OH excluding ortho intramolecular Hbond substituents is 1. The highest BCUT2D eigenvalue weighted by Gasteiger charge is 2.33. The second-order valence-electron chi connectivity index (χ2n) is 4.81. The van der Waals surface area contributed by atoms with Crippen LogP contribution in [0.15, 0.2) is 53.4 Å². The highest BCUT2D eigenvalue weighted by Crippen LogP contribution is 2.37. The van der Waals surface area contributed by atoms with Crippen LogP contribution in [0.25, 0.3) is 6.08 Å². The predicted octanol–water partition coefficient (Wildman–Crippen LogP) is 3.81. The van der Waals surface area contributed by atoms with Gasteiger partial charge in [0.1, 0.15) is 11.5 Å². The van der Waals surface area contributed by atoms with Gasteiger partial charge >= 0.3 is 0 Å². The largest absolute Gasteiger partial charge is 0.508 e. The summed E-state index contributed by atoms with van der Waals surface area (Å²) in [6.07, 6.45) is 1.72. The van der Waals surface area contributed by atoms with Crippen LogP contribution in [0.4, 0.5) is 5.69 Å². The Morgan fingerprint density at radius 2 is 2.00 bits per heavy atom. The third-order valence-electron chi connectivity index (χ3n) is 3.27. The number of benzene rings is 2. The lowest BCUT2D eigenvalue weighted by Crippen LogP contribution is -2.27. The Balaban J connectivity index is 1.93. The van der Waals surface area contributed by atoms with Crippen molar-refractivity contribution in [3.63, 3.8) is 0 Å². The average Bonchev–Trinajstić information content (AvgIpc) is 2.81. The van der Waals surface area contributed by atoms with Gasteiger partial charge in [0, 0.05) is 6.07 Å². The molecule has 1 N–H and O–H groups in total. The zero-order valence-corrected chi connectivity index (χ0v) is 13.9. The summed E-state index contributed by atoms with van der Waals surface area (Å²) in [6, 6.07) is 13.9. The second kappa shape index (κ2) is 6.44. The van der Waals surface area contributed by atoms with E-state index in [0.717, 1.165) is 5.56 Å². The summed E-state index contributed by atoms with van der Waals surface area (Å²) < 4.78 is 5.66. The van der Waals surface area contributed by atoms with Gasteiger partial charge in [0.25, 0.3) is 5.91 Å². The summed E-state index contributed by atoms with van der Waals surface area (Å²) in [5, 5.41) is 9.52. The number of methoxy groups -OCH3 is 1. The van der Waals surface area contributed by atoms with Crippen molar-refractivity contribution in [3.05, 3.63) is 59.0 Å². The Morgan fingerprint density at radius 1 is 1.22 bits per heavy atom. The SMILES string of the molecule is COc1cccc(N2C(=O)/C(=C/c3cccc(O)c3)SC2=S)c1. The highest BCUT2D eigenvalue weighted by atomic mass is 32.2. The number of rotatable bonds is 3. The molecule has 2 aromatic rings. The molecule has 0 bridgehead atoms. The number of thioether (sulfide) groups is 1. The fourth-order valence-electron chi connectivity index (χ4n) is 2.21. The molecule has 0 unspecified atom stereocenters. The lowest BCUT2D eigenvalue weighted by molar-refractivity contribution is -0.113. The lowest BCUT2D eigenvalue weighted by atomic mass is 10.2. The fourth-order valence-corrected chi connectivity index (χ4v) is 3.50. The minimum Gasteiger partial charge on any atom is -0.508 e. The number of hydrogen-bond donors (Lipinski definition) is 1. The number of amides is 1. The number of phenols is 1. The normalized spacial score (nSPS) is 16.2. The van der Waals surface area contributed by atoms with Gasteiger partial charge in [-0.3, -0.25) is 9.69 Å². The van der Waals surface area contributed by atoms with Gasteiger partial charge in [-0.1, -0.05) is 42.2 Å². The van der Waals surface area contributed by atoms with Crippen LogP contribution < -0.4 is 9.64 Å². The number of hydrogen-bond acceptors (Lipinski definition) is 5. The van der Waals surface area contributed by atoms with Gasteiger partial charge in [-0.2, -0.15) is 0 Å². The minimum absolute atomic E-state index is 0.155. The third kappa shape index (κ3) is 3.23. The summed E-state index contributed by atoms with van der Waals surface area (Å²) in [7, 11) is 1.57. The number of aromatic hydroxyl groups is 1. The molecule has 0 saturated carbocycles. The molecule has 0 spiro atoms. The Hall–Kier alpha value is -2.31. The van der Waals surface area contributed by atoms with Gasteiger partial charge in [0.05, 0.1) is 17.7 Å². The molecule has 1 saturated heterocycles. The van der Waals surface area contributed by atoms with Crippen LogP contribution in [0.1, 0.15) is 5.56 Å². The maximum atomic E-state index is 12.7. The monoisotopic (exact) mass is 343 g/mol. The fraction of sp³-hybridized carbons (Fsp3) is 0.0588. The molecule has 2 aromatic carbocycles. The number of carbonyl (C=O) groups excluding carboxylic acids is 1. The molecular weight excluding hydrogens is 330 g/mol. The number of carbonyl (C=O) groups is 1. The molecule has 6 heteroatoms. The van der Waals surface area contributed by atoms with Crippen molar-refractivity contribution < 1.29 is 14.6 Å². The number of thiocarbonyl (C=S) groups is 1. The van der Waals surface area contributed by atoms with E-state index in [4.69, 9.17) is 17.0 Å². The van der Waals surface area contributed by atoms with Gasteiger partial charge in [-0.25, -0.2) is 0 Å². The van der Waals surface area contributed by atoms with Crippen molar-refractivity contribution in [1.29, 1.82) is 0 Å². The number of ether oxygens (including phenoxy) is 1. The van der Waals surface area contributed by atoms with Gasteiger partial charge in [0.2, 0.25) is 0 Å². The van der Waals surface area contributed by atoms with E-state index >= 15 is 0 Å². The molecule has 1 heterocycles. The molecule has 3 rings (SSSR count). The Morgan fingerprint density at radius 3 is 2.74 bits per heavy atom. The average molecular weight is 343 g/mol. The van der Waals surface area contributed by atoms with Crippen molar-refractivity contribution in [3.8, 4) is 11.5 Å². The molecule has 0 atom stereocenters. The van der Waals surface area contributed by atoms with E-state index in [0.29, 0.717) is 20.7 Å². The van der Waals surface area contributed by atoms with Crippen molar-refractivity contribution in [1.82, 2.24) is 0 Å². The van der Waals surface area contributed by atoms with E-state index in [2.05, 4.69) is 0 Å². The van der Waals surface area contributed by atoms with Crippen molar-refractivity contribution >= 4 is 46.0 Å². The zero-order chi connectivity index (χ0) is 16.4. The maximum absolute atomic E-state index is 12.7. The highest BCUT2D eigenvalue weighted by molar-refractivity contribution is 8.27. The molecular formula is C17H13NO3S2. The maximum Gasteiger partial charge on any atom is 0.270 e. The Kier molecular flexibility index (Phi) is 4.36. The summed E-state index contributed by atoms with van der Waals surface area (Å²) in [4.78, 5) is 14.7. The van der Waals surface area contributed by atoms with E-state index in [-0.39, 0.29) is 11.7 Å². The lowest BCUT2D eigenvalue weighted by Gasteiger charge is -2.15. The van der Waals surface area contributed by atoms with E-state index < -0.39 is 0 Å². The standard InChI is InChI=1S/C17H13NO3S2/c1-21-14-7-3-5-12(10-14)18-16(20)15(23-17(18)22)9-11-4-2-6-13(19)8-11/h2-10,19H,1H3/b15-9-. The first kappa shape index (κ1) is 15.6. The number of nitrogens with zero attached hydrogens (tertiary/aromatic N) is 1. The molecule has 1 amide bonds. The summed E-state index contributed by atoms with van der Waals surface area (Å²) in [5.74, 6) is 0.632. The van der Waals surface area contributed by atoms with Crippen molar-refractivity contribution in [2.45, 2.75) is 0 Å². The molecule has 0 aliphatic carbocycles. The van der Waals surface area contributed by atoms with E-state index in [1.165, 1.54) is 16.7 Å². The summed E-state index contributed by atoms with van der Waals surface area (Å²) in [5.41, 5.74) is 1.42. The van der Waals surface area contributed by atoms with Gasteiger partial charge in [0.15, 0.2) is 4.32 Å². The van der Waals surface area contributed by atoms with Crippen LogP contribution in [-0.2, 0) is 4.79 Å². The van der Waals surface area contributed by atoms with Crippen LogP contribution in [-0.4, -0.2) is 22.4 Å².